The summed E-state index contributed by atoms with van der Waals surface area (Å²) >= 11 is 0. The summed E-state index contributed by atoms with van der Waals surface area (Å²) in [6.07, 6.45) is 1.27. The molecule has 1 aromatic rings. The number of halogens is 1. The van der Waals surface area contributed by atoms with Crippen molar-refractivity contribution in [2.24, 2.45) is 10.9 Å². The van der Waals surface area contributed by atoms with Crippen LogP contribution in [-0.2, 0) is 6.54 Å². The number of methoxy groups -OCH3 is 2. The van der Waals surface area contributed by atoms with Crippen LogP contribution < -0.4 is 14.8 Å². The van der Waals surface area contributed by atoms with Gasteiger partial charge in [-0.25, -0.2) is 0 Å². The highest BCUT2D eigenvalue weighted by molar-refractivity contribution is 14.0. The van der Waals surface area contributed by atoms with Gasteiger partial charge in [-0.3, -0.25) is 9.89 Å². The fourth-order valence-corrected chi connectivity index (χ4v) is 4.13. The Balaban J connectivity index is 0.00000300. The van der Waals surface area contributed by atoms with Gasteiger partial charge in [0.2, 0.25) is 0 Å². The minimum atomic E-state index is 0. The monoisotopic (exact) mass is 517 g/mol. The highest BCUT2D eigenvalue weighted by atomic mass is 127. The summed E-state index contributed by atoms with van der Waals surface area (Å²) in [5.74, 6) is 3.55. The minimum Gasteiger partial charge on any atom is -0.497 e. The average molecular weight is 517 g/mol. The highest BCUT2D eigenvalue weighted by Crippen LogP contribution is 2.25. The van der Waals surface area contributed by atoms with Gasteiger partial charge in [0.15, 0.2) is 5.96 Å². The number of benzene rings is 1. The molecule has 2 fully saturated rings. The normalized spacial score (nSPS) is 21.0. The van der Waals surface area contributed by atoms with Gasteiger partial charge >= 0.3 is 0 Å². The van der Waals surface area contributed by atoms with Crippen molar-refractivity contribution >= 4 is 29.9 Å². The van der Waals surface area contributed by atoms with Crippen LogP contribution >= 0.6 is 24.0 Å². The van der Waals surface area contributed by atoms with E-state index in [4.69, 9.17) is 9.47 Å². The maximum atomic E-state index is 5.53. The fourth-order valence-electron chi connectivity index (χ4n) is 4.13. The molecule has 0 bridgehead atoms. The molecular weight excluding hydrogens is 481 g/mol. The lowest BCUT2D eigenvalue weighted by Gasteiger charge is -2.37. The molecule has 1 aromatic carbocycles. The number of likely N-dealkylation sites (tertiary alicyclic amines) is 1. The molecule has 0 saturated carbocycles. The molecule has 2 heterocycles. The van der Waals surface area contributed by atoms with Gasteiger partial charge in [0.25, 0.3) is 0 Å². The molecule has 0 aromatic heterocycles. The Morgan fingerprint density at radius 2 is 1.90 bits per heavy atom. The molecule has 8 heteroatoms. The summed E-state index contributed by atoms with van der Waals surface area (Å²) in [7, 11) is 7.51. The summed E-state index contributed by atoms with van der Waals surface area (Å²) in [6.45, 7) is 8.25. The second kappa shape index (κ2) is 11.8. The van der Waals surface area contributed by atoms with Crippen LogP contribution in [0.5, 0.6) is 11.5 Å². The molecule has 3 rings (SSSR count). The SMILES string of the molecule is CN=C(NCC1CCN(C)C1)N1CCN(Cc2cc(OC)ccc2OC)CC1.I. The van der Waals surface area contributed by atoms with Crippen molar-refractivity contribution in [1.29, 1.82) is 0 Å². The Hall–Kier alpha value is -1.26. The molecule has 0 spiro atoms. The van der Waals surface area contributed by atoms with Crippen molar-refractivity contribution in [2.45, 2.75) is 13.0 Å². The zero-order valence-corrected chi connectivity index (χ0v) is 20.5. The third-order valence-electron chi connectivity index (χ3n) is 5.80. The van der Waals surface area contributed by atoms with E-state index in [1.807, 2.05) is 19.2 Å². The van der Waals surface area contributed by atoms with Gasteiger partial charge in [-0.2, -0.15) is 0 Å². The van der Waals surface area contributed by atoms with Gasteiger partial charge in [0.05, 0.1) is 14.2 Å². The Labute approximate surface area is 192 Å². The largest absolute Gasteiger partial charge is 0.497 e. The van der Waals surface area contributed by atoms with E-state index in [0.717, 1.165) is 62.6 Å². The maximum absolute atomic E-state index is 5.53. The minimum absolute atomic E-state index is 0. The first-order chi connectivity index (χ1) is 13.6. The molecule has 2 saturated heterocycles. The van der Waals surface area contributed by atoms with Crippen LogP contribution in [0.4, 0.5) is 0 Å². The van der Waals surface area contributed by atoms with Crippen molar-refractivity contribution in [3.05, 3.63) is 23.8 Å². The molecule has 29 heavy (non-hydrogen) atoms. The zero-order valence-electron chi connectivity index (χ0n) is 18.2. The average Bonchev–Trinajstić information content (AvgIpc) is 3.14. The first kappa shape index (κ1) is 24.0. The van der Waals surface area contributed by atoms with Gasteiger partial charge in [0, 0.05) is 58.4 Å². The van der Waals surface area contributed by atoms with E-state index in [9.17, 15) is 0 Å². The first-order valence-electron chi connectivity index (χ1n) is 10.2. The lowest BCUT2D eigenvalue weighted by molar-refractivity contribution is 0.170. The summed E-state index contributed by atoms with van der Waals surface area (Å²) in [4.78, 5) is 11.8. The predicted molar refractivity (Wildman–Crippen MR) is 129 cm³/mol. The van der Waals surface area contributed by atoms with Crippen molar-refractivity contribution in [1.82, 2.24) is 20.0 Å². The summed E-state index contributed by atoms with van der Waals surface area (Å²) in [6, 6.07) is 6.00. The Kier molecular flexibility index (Phi) is 9.78. The molecular formula is C21H36IN5O2. The summed E-state index contributed by atoms with van der Waals surface area (Å²) in [5.41, 5.74) is 1.17. The number of nitrogens with one attached hydrogen (secondary N) is 1. The number of nitrogens with zero attached hydrogens (tertiary/aromatic N) is 4. The number of aliphatic imine (C=N–C) groups is 1. The van der Waals surface area contributed by atoms with E-state index in [2.05, 4.69) is 38.1 Å². The third kappa shape index (κ3) is 6.62. The van der Waals surface area contributed by atoms with E-state index in [1.165, 1.54) is 25.1 Å². The Bertz CT molecular complexity index is 664. The van der Waals surface area contributed by atoms with Crippen molar-refractivity contribution in [3.63, 3.8) is 0 Å². The van der Waals surface area contributed by atoms with E-state index < -0.39 is 0 Å². The standard InChI is InChI=1S/C21H35N5O2.HI/c1-22-21(23-14-17-7-8-24(2)15-17)26-11-9-25(10-12-26)16-18-13-19(27-3)5-6-20(18)28-4;/h5-6,13,17H,7-12,14-16H2,1-4H3,(H,22,23);1H. The maximum Gasteiger partial charge on any atom is 0.193 e. The van der Waals surface area contributed by atoms with Crippen LogP contribution in [0, 0.1) is 5.92 Å². The van der Waals surface area contributed by atoms with Crippen LogP contribution in [0.15, 0.2) is 23.2 Å². The number of ether oxygens (including phenoxy) is 2. The molecule has 2 aliphatic heterocycles. The third-order valence-corrected chi connectivity index (χ3v) is 5.80. The predicted octanol–water partition coefficient (Wildman–Crippen LogP) is 1.97. The lowest BCUT2D eigenvalue weighted by atomic mass is 10.1. The number of guanidine groups is 1. The number of hydrogen-bond donors (Lipinski definition) is 1. The summed E-state index contributed by atoms with van der Waals surface area (Å²) in [5, 5.41) is 3.59. The second-order valence-electron chi connectivity index (χ2n) is 7.79. The molecule has 0 aliphatic carbocycles. The molecule has 1 atom stereocenters. The molecule has 1 N–H and O–H groups in total. The van der Waals surface area contributed by atoms with E-state index in [0.29, 0.717) is 0 Å². The van der Waals surface area contributed by atoms with Gasteiger partial charge in [-0.05, 0) is 44.1 Å². The number of hydrogen-bond acceptors (Lipinski definition) is 5. The molecule has 7 nitrogen and oxygen atoms in total. The molecule has 1 unspecified atom stereocenters. The van der Waals surface area contributed by atoms with Crippen LogP contribution in [0.2, 0.25) is 0 Å². The Morgan fingerprint density at radius 3 is 2.48 bits per heavy atom. The van der Waals surface area contributed by atoms with E-state index in [-0.39, 0.29) is 24.0 Å². The van der Waals surface area contributed by atoms with Crippen molar-refractivity contribution < 1.29 is 9.47 Å². The quantitative estimate of drug-likeness (QED) is 0.354. The number of piperazine rings is 1. The van der Waals surface area contributed by atoms with Crippen LogP contribution in [-0.4, -0.2) is 94.8 Å². The second-order valence-corrected chi connectivity index (χ2v) is 7.79. The molecule has 0 radical (unpaired) electrons. The van der Waals surface area contributed by atoms with Crippen molar-refractivity contribution in [2.75, 3.05) is 74.1 Å². The molecule has 164 valence electrons. The molecule has 2 aliphatic rings. The van der Waals surface area contributed by atoms with Gasteiger partial charge in [-0.1, -0.05) is 0 Å². The summed E-state index contributed by atoms with van der Waals surface area (Å²) < 4.78 is 10.9. The van der Waals surface area contributed by atoms with E-state index in [1.54, 1.807) is 14.2 Å². The zero-order chi connectivity index (χ0) is 19.9. The van der Waals surface area contributed by atoms with Gasteiger partial charge in [-0.15, -0.1) is 24.0 Å². The van der Waals surface area contributed by atoms with Gasteiger partial charge in [0.1, 0.15) is 11.5 Å². The van der Waals surface area contributed by atoms with Crippen LogP contribution in [0.1, 0.15) is 12.0 Å². The smallest absolute Gasteiger partial charge is 0.193 e. The van der Waals surface area contributed by atoms with Crippen LogP contribution in [0.3, 0.4) is 0 Å². The first-order valence-corrected chi connectivity index (χ1v) is 10.2. The highest BCUT2D eigenvalue weighted by Gasteiger charge is 2.23. The van der Waals surface area contributed by atoms with Crippen LogP contribution in [0.25, 0.3) is 0 Å². The Morgan fingerprint density at radius 1 is 1.14 bits per heavy atom. The van der Waals surface area contributed by atoms with Crippen molar-refractivity contribution in [3.8, 4) is 11.5 Å². The topological polar surface area (TPSA) is 52.6 Å². The fraction of sp³-hybridized carbons (Fsp3) is 0.667. The lowest BCUT2D eigenvalue weighted by Crippen LogP contribution is -2.52. The van der Waals surface area contributed by atoms with E-state index >= 15 is 0 Å². The van der Waals surface area contributed by atoms with Gasteiger partial charge < -0.3 is 24.6 Å². The molecule has 0 amide bonds. The number of rotatable bonds is 6.